The largest absolute Gasteiger partial charge is 0.378 e. The first-order valence-electron chi connectivity index (χ1n) is 10.0. The van der Waals surface area contributed by atoms with Gasteiger partial charge in [-0.1, -0.05) is 6.92 Å². The average molecular weight is 380 g/mol. The fourth-order valence-corrected chi connectivity index (χ4v) is 3.94. The standard InChI is InChI=1S/C18H33N7O2/c1-14-6-9-24(10-7-14)13-17-20-21-22-25(17)8-4-5-18(26)19-15-11-23(2)12-16(15)27-3/h14-16H,4-13H2,1-3H3,(H,19,26)/t15-,16-/m1/s1. The molecule has 2 atom stereocenters. The number of ether oxygens (including phenoxy) is 1. The van der Waals surface area contributed by atoms with Crippen LogP contribution in [0.3, 0.4) is 0 Å². The topological polar surface area (TPSA) is 88.4 Å². The average Bonchev–Trinajstić information content (AvgIpc) is 3.23. The number of hydrogen-bond donors (Lipinski definition) is 1. The van der Waals surface area contributed by atoms with Crippen LogP contribution in [0.4, 0.5) is 0 Å². The molecule has 2 saturated heterocycles. The summed E-state index contributed by atoms with van der Waals surface area (Å²) in [6.45, 7) is 7.65. The van der Waals surface area contributed by atoms with E-state index < -0.39 is 0 Å². The molecule has 0 unspecified atom stereocenters. The van der Waals surface area contributed by atoms with Crippen molar-refractivity contribution in [1.29, 1.82) is 0 Å². The Balaban J connectivity index is 1.40. The van der Waals surface area contributed by atoms with Crippen LogP contribution in [0.15, 0.2) is 0 Å². The Morgan fingerprint density at radius 3 is 2.81 bits per heavy atom. The number of likely N-dealkylation sites (tertiary alicyclic amines) is 2. The third kappa shape index (κ3) is 5.70. The molecule has 1 N–H and O–H groups in total. The normalized spacial score (nSPS) is 25.1. The molecule has 0 aliphatic carbocycles. The SMILES string of the molecule is CO[C@@H]1CN(C)C[C@H]1NC(=O)CCCn1nnnc1CN1CCC(C)CC1. The van der Waals surface area contributed by atoms with Crippen LogP contribution >= 0.6 is 0 Å². The highest BCUT2D eigenvalue weighted by molar-refractivity contribution is 5.76. The summed E-state index contributed by atoms with van der Waals surface area (Å²) < 4.78 is 7.30. The van der Waals surface area contributed by atoms with E-state index in [1.807, 2.05) is 11.7 Å². The summed E-state index contributed by atoms with van der Waals surface area (Å²) in [6, 6.07) is 0.0672. The van der Waals surface area contributed by atoms with E-state index in [0.717, 1.165) is 50.9 Å². The maximum Gasteiger partial charge on any atom is 0.220 e. The summed E-state index contributed by atoms with van der Waals surface area (Å²) in [4.78, 5) is 16.9. The first-order valence-corrected chi connectivity index (χ1v) is 10.0. The van der Waals surface area contributed by atoms with E-state index in [1.54, 1.807) is 7.11 Å². The van der Waals surface area contributed by atoms with Gasteiger partial charge in [-0.15, -0.1) is 5.10 Å². The molecule has 2 aliphatic rings. The molecule has 0 spiro atoms. The van der Waals surface area contributed by atoms with Crippen molar-refractivity contribution in [3.05, 3.63) is 5.82 Å². The number of tetrazole rings is 1. The quantitative estimate of drug-likeness (QED) is 0.687. The summed E-state index contributed by atoms with van der Waals surface area (Å²) in [6.07, 6.45) is 3.73. The van der Waals surface area contributed by atoms with Gasteiger partial charge >= 0.3 is 0 Å². The van der Waals surface area contributed by atoms with Gasteiger partial charge in [0, 0.05) is 33.2 Å². The zero-order valence-electron chi connectivity index (χ0n) is 16.8. The minimum absolute atomic E-state index is 0.0667. The minimum atomic E-state index is 0.0667. The van der Waals surface area contributed by atoms with Crippen molar-refractivity contribution in [3.8, 4) is 0 Å². The molecule has 0 radical (unpaired) electrons. The van der Waals surface area contributed by atoms with E-state index in [2.05, 4.69) is 37.6 Å². The Labute approximate surface area is 161 Å². The molecule has 1 aromatic rings. The molecule has 27 heavy (non-hydrogen) atoms. The number of methoxy groups -OCH3 is 1. The lowest BCUT2D eigenvalue weighted by Crippen LogP contribution is -2.43. The molecule has 3 heterocycles. The summed E-state index contributed by atoms with van der Waals surface area (Å²) in [7, 11) is 3.74. The van der Waals surface area contributed by atoms with Gasteiger partial charge < -0.3 is 15.0 Å². The molecule has 0 aromatic carbocycles. The van der Waals surface area contributed by atoms with Gasteiger partial charge in [0.25, 0.3) is 0 Å². The smallest absolute Gasteiger partial charge is 0.220 e. The van der Waals surface area contributed by atoms with Crippen LogP contribution in [0, 0.1) is 5.92 Å². The highest BCUT2D eigenvalue weighted by atomic mass is 16.5. The zero-order chi connectivity index (χ0) is 19.2. The van der Waals surface area contributed by atoms with Crippen molar-refractivity contribution in [1.82, 2.24) is 35.3 Å². The van der Waals surface area contributed by atoms with Crippen LogP contribution in [0.25, 0.3) is 0 Å². The van der Waals surface area contributed by atoms with Gasteiger partial charge in [0.05, 0.1) is 18.7 Å². The molecule has 0 bridgehead atoms. The number of hydrogen-bond acceptors (Lipinski definition) is 7. The number of aromatic nitrogens is 4. The van der Waals surface area contributed by atoms with Gasteiger partial charge in [0.1, 0.15) is 0 Å². The third-order valence-corrected chi connectivity index (χ3v) is 5.72. The lowest BCUT2D eigenvalue weighted by Gasteiger charge is -2.29. The molecule has 2 aliphatic heterocycles. The maximum absolute atomic E-state index is 12.3. The maximum atomic E-state index is 12.3. The molecule has 1 amide bonds. The fourth-order valence-electron chi connectivity index (χ4n) is 3.94. The highest BCUT2D eigenvalue weighted by Crippen LogP contribution is 2.17. The molecule has 2 fully saturated rings. The highest BCUT2D eigenvalue weighted by Gasteiger charge is 2.31. The summed E-state index contributed by atoms with van der Waals surface area (Å²) in [5.74, 6) is 1.77. The molecule has 152 valence electrons. The lowest BCUT2D eigenvalue weighted by molar-refractivity contribution is -0.122. The van der Waals surface area contributed by atoms with Crippen molar-refractivity contribution >= 4 is 5.91 Å². The monoisotopic (exact) mass is 379 g/mol. The van der Waals surface area contributed by atoms with Gasteiger partial charge in [-0.3, -0.25) is 9.69 Å². The molecule has 9 nitrogen and oxygen atoms in total. The van der Waals surface area contributed by atoms with E-state index in [1.165, 1.54) is 12.8 Å². The van der Waals surface area contributed by atoms with E-state index in [0.29, 0.717) is 13.0 Å². The van der Waals surface area contributed by atoms with Crippen LogP contribution in [-0.2, 0) is 22.6 Å². The molecular weight excluding hydrogens is 346 g/mol. The van der Waals surface area contributed by atoms with Crippen molar-refractivity contribution in [3.63, 3.8) is 0 Å². The third-order valence-electron chi connectivity index (χ3n) is 5.72. The van der Waals surface area contributed by atoms with Crippen LogP contribution in [0.2, 0.25) is 0 Å². The Hall–Kier alpha value is -1.58. The van der Waals surface area contributed by atoms with Gasteiger partial charge in [0.15, 0.2) is 5.82 Å². The zero-order valence-corrected chi connectivity index (χ0v) is 16.8. The van der Waals surface area contributed by atoms with Crippen molar-refractivity contribution in [2.75, 3.05) is 40.3 Å². The van der Waals surface area contributed by atoms with E-state index in [9.17, 15) is 4.79 Å². The van der Waals surface area contributed by atoms with Gasteiger partial charge in [-0.2, -0.15) is 0 Å². The molecule has 1 aromatic heterocycles. The molecule has 9 heteroatoms. The number of aryl methyl sites for hydroxylation is 1. The minimum Gasteiger partial charge on any atom is -0.378 e. The fraction of sp³-hybridized carbons (Fsp3) is 0.889. The number of likely N-dealkylation sites (N-methyl/N-ethyl adjacent to an activating group) is 1. The summed E-state index contributed by atoms with van der Waals surface area (Å²) in [5, 5.41) is 15.2. The number of carbonyl (C=O) groups is 1. The number of nitrogens with zero attached hydrogens (tertiary/aromatic N) is 6. The second-order valence-corrected chi connectivity index (χ2v) is 8.05. The second kappa shape index (κ2) is 9.57. The van der Waals surface area contributed by atoms with Crippen LogP contribution in [0.1, 0.15) is 38.4 Å². The number of amides is 1. The lowest BCUT2D eigenvalue weighted by atomic mass is 9.99. The number of rotatable bonds is 8. The Bertz CT molecular complexity index is 600. The molecule has 0 saturated carbocycles. The van der Waals surface area contributed by atoms with Gasteiger partial charge in [0.2, 0.25) is 5.91 Å². The predicted octanol–water partition coefficient (Wildman–Crippen LogP) is 0.130. The second-order valence-electron chi connectivity index (χ2n) is 8.05. The Kier molecular flexibility index (Phi) is 7.14. The first kappa shape index (κ1) is 20.2. The van der Waals surface area contributed by atoms with E-state index in [4.69, 9.17) is 4.74 Å². The van der Waals surface area contributed by atoms with E-state index >= 15 is 0 Å². The summed E-state index contributed by atoms with van der Waals surface area (Å²) >= 11 is 0. The number of piperidine rings is 1. The summed E-state index contributed by atoms with van der Waals surface area (Å²) in [5.41, 5.74) is 0. The van der Waals surface area contributed by atoms with Crippen LogP contribution in [0.5, 0.6) is 0 Å². The first-order chi connectivity index (χ1) is 13.0. The van der Waals surface area contributed by atoms with Gasteiger partial charge in [-0.05, 0) is 55.7 Å². The van der Waals surface area contributed by atoms with Crippen LogP contribution < -0.4 is 5.32 Å². The molecular formula is C18H33N7O2. The number of carbonyl (C=O) groups excluding carboxylic acids is 1. The molecule has 3 rings (SSSR count). The van der Waals surface area contributed by atoms with Crippen LogP contribution in [-0.4, -0.2) is 88.4 Å². The van der Waals surface area contributed by atoms with E-state index in [-0.39, 0.29) is 18.1 Å². The van der Waals surface area contributed by atoms with Crippen molar-refractivity contribution in [2.45, 2.75) is 57.8 Å². The predicted molar refractivity (Wildman–Crippen MR) is 101 cm³/mol. The van der Waals surface area contributed by atoms with Gasteiger partial charge in [-0.25, -0.2) is 4.68 Å². The Morgan fingerprint density at radius 1 is 1.30 bits per heavy atom. The van der Waals surface area contributed by atoms with Crippen molar-refractivity contribution < 1.29 is 9.53 Å². The van der Waals surface area contributed by atoms with Crippen molar-refractivity contribution in [2.24, 2.45) is 5.92 Å². The number of nitrogens with one attached hydrogen (secondary N) is 1. The Morgan fingerprint density at radius 2 is 2.07 bits per heavy atom.